The molecule has 2 heterocycles. The van der Waals surface area contributed by atoms with E-state index in [1.54, 1.807) is 28.2 Å². The van der Waals surface area contributed by atoms with Crippen LogP contribution in [0.2, 0.25) is 0 Å². The standard InChI is InChI=1S/C13H18N2O4S/c1-13(19-7-11(16)17)8-15(9-13)12(18)14(2)6-10-4-3-5-20-10/h3-5H,6-9H2,1-2H3,(H,16,17). The van der Waals surface area contributed by atoms with Crippen LogP contribution in [0.1, 0.15) is 11.8 Å². The molecule has 1 aliphatic rings. The number of hydrogen-bond donors (Lipinski definition) is 1. The Morgan fingerprint density at radius 1 is 1.55 bits per heavy atom. The fourth-order valence-electron chi connectivity index (χ4n) is 2.17. The fraction of sp³-hybridized carbons (Fsp3) is 0.538. The number of carboxylic acids is 1. The summed E-state index contributed by atoms with van der Waals surface area (Å²) in [5, 5.41) is 10.6. The van der Waals surface area contributed by atoms with Gasteiger partial charge in [-0.25, -0.2) is 9.59 Å². The van der Waals surface area contributed by atoms with Crippen molar-refractivity contribution in [2.75, 3.05) is 26.7 Å². The van der Waals surface area contributed by atoms with Crippen LogP contribution >= 0.6 is 11.3 Å². The molecule has 6 nitrogen and oxygen atoms in total. The third-order valence-corrected chi connectivity index (χ3v) is 4.03. The summed E-state index contributed by atoms with van der Waals surface area (Å²) in [6, 6.07) is 3.89. The van der Waals surface area contributed by atoms with E-state index in [2.05, 4.69) is 0 Å². The van der Waals surface area contributed by atoms with E-state index >= 15 is 0 Å². The Kier molecular flexibility index (Phi) is 4.29. The van der Waals surface area contributed by atoms with E-state index in [1.165, 1.54) is 0 Å². The van der Waals surface area contributed by atoms with E-state index in [0.29, 0.717) is 19.6 Å². The Balaban J connectivity index is 1.79. The molecule has 0 saturated carbocycles. The minimum Gasteiger partial charge on any atom is -0.480 e. The van der Waals surface area contributed by atoms with E-state index in [0.717, 1.165) is 4.88 Å². The highest BCUT2D eigenvalue weighted by Gasteiger charge is 2.43. The third-order valence-electron chi connectivity index (χ3n) is 3.16. The SMILES string of the molecule is CN(Cc1cccs1)C(=O)N1CC(C)(OCC(=O)O)C1. The molecule has 20 heavy (non-hydrogen) atoms. The van der Waals surface area contributed by atoms with Gasteiger partial charge in [0.15, 0.2) is 0 Å². The maximum Gasteiger partial charge on any atom is 0.329 e. The van der Waals surface area contributed by atoms with Gasteiger partial charge in [0.25, 0.3) is 0 Å². The molecule has 2 amide bonds. The summed E-state index contributed by atoms with van der Waals surface area (Å²) in [5.74, 6) is -0.995. The first-order chi connectivity index (χ1) is 9.39. The minimum absolute atomic E-state index is 0.0604. The Morgan fingerprint density at radius 2 is 2.25 bits per heavy atom. The molecule has 0 atom stereocenters. The molecular formula is C13H18N2O4S. The molecule has 0 unspecified atom stereocenters. The smallest absolute Gasteiger partial charge is 0.329 e. The number of likely N-dealkylation sites (tertiary alicyclic amines) is 1. The highest BCUT2D eigenvalue weighted by molar-refractivity contribution is 7.09. The summed E-state index contributed by atoms with van der Waals surface area (Å²) >= 11 is 1.61. The lowest BCUT2D eigenvalue weighted by atomic mass is 9.97. The van der Waals surface area contributed by atoms with Gasteiger partial charge in [-0.3, -0.25) is 0 Å². The Bertz CT molecular complexity index is 483. The first-order valence-corrected chi connectivity index (χ1v) is 7.16. The van der Waals surface area contributed by atoms with Gasteiger partial charge < -0.3 is 19.6 Å². The molecule has 0 aliphatic carbocycles. The molecule has 0 spiro atoms. The van der Waals surface area contributed by atoms with Gasteiger partial charge in [0.1, 0.15) is 12.2 Å². The van der Waals surface area contributed by atoms with Crippen LogP contribution in [0.25, 0.3) is 0 Å². The highest BCUT2D eigenvalue weighted by atomic mass is 32.1. The van der Waals surface area contributed by atoms with Gasteiger partial charge >= 0.3 is 12.0 Å². The van der Waals surface area contributed by atoms with Crippen molar-refractivity contribution in [1.29, 1.82) is 0 Å². The molecule has 7 heteroatoms. The Hall–Kier alpha value is -1.60. The molecule has 1 saturated heterocycles. The lowest BCUT2D eigenvalue weighted by Gasteiger charge is -2.48. The van der Waals surface area contributed by atoms with E-state index in [9.17, 15) is 9.59 Å². The minimum atomic E-state index is -0.995. The molecule has 0 aromatic carbocycles. The first kappa shape index (κ1) is 14.8. The van der Waals surface area contributed by atoms with Crippen molar-refractivity contribution in [3.05, 3.63) is 22.4 Å². The molecular weight excluding hydrogens is 280 g/mol. The summed E-state index contributed by atoms with van der Waals surface area (Å²) in [6.07, 6.45) is 0. The second-order valence-corrected chi connectivity index (χ2v) is 6.24. The Morgan fingerprint density at radius 3 is 2.80 bits per heavy atom. The molecule has 1 aromatic rings. The van der Waals surface area contributed by atoms with Crippen LogP contribution in [0, 0.1) is 0 Å². The van der Waals surface area contributed by atoms with Crippen molar-refractivity contribution >= 4 is 23.3 Å². The largest absolute Gasteiger partial charge is 0.480 e. The number of urea groups is 1. The van der Waals surface area contributed by atoms with E-state index < -0.39 is 11.6 Å². The molecule has 1 N–H and O–H groups in total. The lowest BCUT2D eigenvalue weighted by molar-refractivity contribution is -0.160. The van der Waals surface area contributed by atoms with Gasteiger partial charge in [-0.15, -0.1) is 11.3 Å². The zero-order valence-electron chi connectivity index (χ0n) is 11.5. The zero-order valence-corrected chi connectivity index (χ0v) is 12.4. The van der Waals surface area contributed by atoms with Crippen LogP contribution in [0.3, 0.4) is 0 Å². The van der Waals surface area contributed by atoms with Gasteiger partial charge in [0, 0.05) is 11.9 Å². The van der Waals surface area contributed by atoms with Crippen molar-refractivity contribution in [3.8, 4) is 0 Å². The number of aliphatic carboxylic acids is 1. The van der Waals surface area contributed by atoms with Crippen molar-refractivity contribution < 1.29 is 19.4 Å². The van der Waals surface area contributed by atoms with Crippen LogP contribution in [0.5, 0.6) is 0 Å². The number of amides is 2. The number of ether oxygens (including phenoxy) is 1. The van der Waals surface area contributed by atoms with Gasteiger partial charge in [-0.2, -0.15) is 0 Å². The van der Waals surface area contributed by atoms with Crippen molar-refractivity contribution in [2.24, 2.45) is 0 Å². The van der Waals surface area contributed by atoms with Crippen molar-refractivity contribution in [1.82, 2.24) is 9.80 Å². The maximum atomic E-state index is 12.2. The lowest BCUT2D eigenvalue weighted by Crippen LogP contribution is -2.65. The quantitative estimate of drug-likeness (QED) is 0.894. The molecule has 1 fully saturated rings. The number of thiophene rings is 1. The first-order valence-electron chi connectivity index (χ1n) is 6.28. The second-order valence-electron chi connectivity index (χ2n) is 5.21. The maximum absolute atomic E-state index is 12.2. The third kappa shape index (κ3) is 3.49. The fourth-order valence-corrected chi connectivity index (χ4v) is 2.93. The number of nitrogens with zero attached hydrogens (tertiary/aromatic N) is 2. The molecule has 0 bridgehead atoms. The molecule has 1 aromatic heterocycles. The van der Waals surface area contributed by atoms with Crippen LogP contribution in [0.15, 0.2) is 17.5 Å². The van der Waals surface area contributed by atoms with Crippen molar-refractivity contribution in [3.63, 3.8) is 0 Å². The number of carbonyl (C=O) groups excluding carboxylic acids is 1. The molecule has 1 aliphatic heterocycles. The highest BCUT2D eigenvalue weighted by Crippen LogP contribution is 2.26. The summed E-state index contributed by atoms with van der Waals surface area (Å²) in [5.41, 5.74) is -0.544. The normalized spacial score (nSPS) is 16.6. The van der Waals surface area contributed by atoms with E-state index in [1.807, 2.05) is 24.4 Å². The van der Waals surface area contributed by atoms with Crippen LogP contribution in [-0.4, -0.2) is 59.3 Å². The summed E-state index contributed by atoms with van der Waals surface area (Å²) in [7, 11) is 1.76. The predicted molar refractivity (Wildman–Crippen MR) is 74.7 cm³/mol. The van der Waals surface area contributed by atoms with Gasteiger partial charge in [-0.05, 0) is 18.4 Å². The van der Waals surface area contributed by atoms with Gasteiger partial charge in [-0.1, -0.05) is 6.07 Å². The van der Waals surface area contributed by atoms with Gasteiger partial charge in [0.05, 0.1) is 19.6 Å². The zero-order chi connectivity index (χ0) is 14.8. The van der Waals surface area contributed by atoms with Crippen LogP contribution < -0.4 is 0 Å². The number of hydrogen-bond acceptors (Lipinski definition) is 4. The summed E-state index contributed by atoms with van der Waals surface area (Å²) in [6.45, 7) is 2.92. The molecule has 110 valence electrons. The summed E-state index contributed by atoms with van der Waals surface area (Å²) in [4.78, 5) is 27.1. The summed E-state index contributed by atoms with van der Waals surface area (Å²) < 4.78 is 5.28. The average molecular weight is 298 g/mol. The average Bonchev–Trinajstić information content (AvgIpc) is 2.84. The monoisotopic (exact) mass is 298 g/mol. The molecule has 2 rings (SSSR count). The Labute approximate surface area is 121 Å². The van der Waals surface area contributed by atoms with E-state index in [-0.39, 0.29) is 12.6 Å². The van der Waals surface area contributed by atoms with E-state index in [4.69, 9.17) is 9.84 Å². The van der Waals surface area contributed by atoms with Gasteiger partial charge in [0.2, 0.25) is 0 Å². The van der Waals surface area contributed by atoms with Crippen molar-refractivity contribution in [2.45, 2.75) is 19.1 Å². The number of rotatable bonds is 5. The second kappa shape index (κ2) is 5.80. The number of carboxylic acid groups (broad SMARTS) is 1. The predicted octanol–water partition coefficient (Wildman–Crippen LogP) is 1.48. The van der Waals surface area contributed by atoms with Crippen LogP contribution in [0.4, 0.5) is 4.79 Å². The number of carbonyl (C=O) groups is 2. The van der Waals surface area contributed by atoms with Crippen LogP contribution in [-0.2, 0) is 16.1 Å². The topological polar surface area (TPSA) is 70.1 Å². The molecule has 0 radical (unpaired) electrons.